The van der Waals surface area contributed by atoms with Crippen molar-refractivity contribution >= 4 is 98.4 Å². The Morgan fingerprint density at radius 2 is 1.00 bits per heavy atom. The van der Waals surface area contributed by atoms with Gasteiger partial charge in [0.2, 0.25) is 11.6 Å². The number of ketones is 2. The summed E-state index contributed by atoms with van der Waals surface area (Å²) in [7, 11) is -19.5. The molecule has 69 heavy (non-hydrogen) atoms. The molecule has 336 valence electrons. The number of carbonyl (C=O) groups is 2. The van der Waals surface area contributed by atoms with Crippen LogP contribution < -0.4 is 144 Å². The molecule has 0 heterocycles. The quantitative estimate of drug-likeness (QED) is 0.0560. The number of hydrazone groups is 2. The van der Waals surface area contributed by atoms with Crippen molar-refractivity contribution < 1.29 is 189 Å². The molecular weight excluding hydrogens is 1030 g/mol. The molecule has 0 fully saturated rings. The average Bonchev–Trinajstić information content (AvgIpc) is 3.24. The first-order valence-electron chi connectivity index (χ1n) is 18.0. The maximum Gasteiger partial charge on any atom is 1.00 e. The third-order valence-electron chi connectivity index (χ3n) is 9.57. The van der Waals surface area contributed by atoms with Crippen LogP contribution in [0.4, 0.5) is 22.7 Å². The van der Waals surface area contributed by atoms with Gasteiger partial charge in [-0.2, -0.15) is 10.2 Å². The molecule has 0 saturated carbocycles. The molecule has 5 aromatic rings. The molecule has 2 aliphatic carbocycles. The van der Waals surface area contributed by atoms with Crippen LogP contribution >= 0.6 is 0 Å². The van der Waals surface area contributed by atoms with Gasteiger partial charge >= 0.3 is 118 Å². The van der Waals surface area contributed by atoms with Crippen molar-refractivity contribution in [3.8, 4) is 22.6 Å². The second-order valence-corrected chi connectivity index (χ2v) is 19.1. The Morgan fingerprint density at radius 3 is 1.46 bits per heavy atom. The molecule has 0 atom stereocenters. The molecule has 5 aromatic carbocycles. The van der Waals surface area contributed by atoms with Gasteiger partial charge in [0, 0.05) is 22.5 Å². The van der Waals surface area contributed by atoms with E-state index in [2.05, 4.69) is 26.4 Å². The van der Waals surface area contributed by atoms with Gasteiger partial charge in [0.25, 0.3) is 0 Å². The number of fused-ring (bicyclic) bond motifs is 2. The summed E-state index contributed by atoms with van der Waals surface area (Å²) < 4.78 is 156. The number of hydrogen-bond acceptors (Lipinski definition) is 21. The second-order valence-electron chi connectivity index (χ2n) is 13.6. The number of allylic oxidation sites excluding steroid dienone is 2. The first-order valence-corrected chi connectivity index (χ1v) is 23.7. The van der Waals surface area contributed by atoms with Crippen LogP contribution in [0.25, 0.3) is 23.3 Å². The van der Waals surface area contributed by atoms with Gasteiger partial charge in [0.15, 0.2) is 0 Å². The van der Waals surface area contributed by atoms with Crippen molar-refractivity contribution in [1.29, 1.82) is 0 Å². The number of Topliss-reactive ketones (excluding diaryl/α,β-unsaturated/α-hetero) is 2. The monoisotopic (exact) mass is 1050 g/mol. The predicted molar refractivity (Wildman–Crippen MR) is 230 cm³/mol. The van der Waals surface area contributed by atoms with Crippen LogP contribution in [-0.2, 0) is 40.5 Å². The summed E-state index contributed by atoms with van der Waals surface area (Å²) in [5.74, 6) is -2.34. The minimum Gasteiger partial charge on any atom is -0.744 e. The van der Waals surface area contributed by atoms with E-state index in [4.69, 9.17) is 9.47 Å². The normalized spacial score (nSPS) is 14.5. The van der Waals surface area contributed by atoms with E-state index in [9.17, 15) is 61.5 Å². The summed E-state index contributed by atoms with van der Waals surface area (Å²) >= 11 is 0. The van der Waals surface area contributed by atoms with Crippen LogP contribution in [0.3, 0.4) is 0 Å². The number of carbonyl (C=O) groups excluding carboxylic acids is 2. The number of nitrogens with one attached hydrogen (secondary N) is 3. The Bertz CT molecular complexity index is 3480. The molecule has 0 aromatic heterocycles. The van der Waals surface area contributed by atoms with Crippen molar-refractivity contribution in [2.24, 2.45) is 10.2 Å². The summed E-state index contributed by atoms with van der Waals surface area (Å²) in [5.41, 5.74) is 3.65. The first-order chi connectivity index (χ1) is 30.5. The van der Waals surface area contributed by atoms with Gasteiger partial charge < -0.3 is 33.0 Å². The zero-order valence-corrected chi connectivity index (χ0v) is 48.2. The number of methoxy groups -OCH3 is 2. The van der Waals surface area contributed by atoms with Gasteiger partial charge in [-0.25, -0.2) is 33.7 Å². The molecule has 29 heteroatoms. The van der Waals surface area contributed by atoms with E-state index in [0.717, 1.165) is 11.8 Å². The summed E-state index contributed by atoms with van der Waals surface area (Å²) in [6, 6.07) is 22.9. The molecule has 2 aliphatic rings. The first kappa shape index (κ1) is 60.2. The van der Waals surface area contributed by atoms with Crippen molar-refractivity contribution in [3.05, 3.63) is 129 Å². The maximum atomic E-state index is 13.6. The summed E-state index contributed by atoms with van der Waals surface area (Å²) in [6.45, 7) is 0. The van der Waals surface area contributed by atoms with Crippen LogP contribution in [0.2, 0.25) is 0 Å². The fourth-order valence-electron chi connectivity index (χ4n) is 6.60. The van der Waals surface area contributed by atoms with Crippen LogP contribution in [-0.4, -0.2) is 89.1 Å². The van der Waals surface area contributed by atoms with E-state index in [1.54, 1.807) is 36.4 Å². The third kappa shape index (κ3) is 13.5. The van der Waals surface area contributed by atoms with Gasteiger partial charge in [-0.15, -0.1) is 0 Å². The molecule has 21 nitrogen and oxygen atoms in total. The number of anilines is 4. The van der Waals surface area contributed by atoms with Crippen molar-refractivity contribution in [3.63, 3.8) is 0 Å². The fourth-order valence-corrected chi connectivity index (χ4v) is 9.24. The molecule has 0 radical (unpaired) electrons. The number of para-hydroxylation sites is 1. The Balaban J connectivity index is 0.00000315. The summed E-state index contributed by atoms with van der Waals surface area (Å²) in [5, 5.41) is 10.9. The van der Waals surface area contributed by atoms with Gasteiger partial charge in [-0.1, -0.05) is 30.3 Å². The SMILES string of the molecule is COc1cc(-c2ccc(NN=C3C(=O)c4c(cc(S(=O)(=O)[O-])cc4S(=O)(=O)[O-])C=C3S(=O)(=O)[O-])c(OC)c2)ccc1NN=C1C(=O)c2ccc(Nc3ccccc3)cc2C=C1S(=O)(=O)[O-].[Na+].[Na+].[Na+].[Na+]. The Labute approximate surface area is 483 Å². The minimum absolute atomic E-state index is 0. The van der Waals surface area contributed by atoms with E-state index in [-0.39, 0.29) is 158 Å². The summed E-state index contributed by atoms with van der Waals surface area (Å²) in [6.07, 6.45) is 1.45. The number of benzene rings is 5. The van der Waals surface area contributed by atoms with E-state index in [1.807, 2.05) is 6.07 Å². The van der Waals surface area contributed by atoms with Crippen LogP contribution in [0, 0.1) is 0 Å². The molecule has 3 N–H and O–H groups in total. The molecule has 7 rings (SSSR count). The van der Waals surface area contributed by atoms with Gasteiger partial charge in [0.05, 0.1) is 45.2 Å². The molecular formula is C40H27N5Na4O16S4. The predicted octanol–water partition coefficient (Wildman–Crippen LogP) is -7.96. The molecule has 0 bridgehead atoms. The molecule has 0 spiro atoms. The average molecular weight is 1050 g/mol. The maximum absolute atomic E-state index is 13.6. The molecule has 0 saturated heterocycles. The Morgan fingerprint density at radius 1 is 0.507 bits per heavy atom. The Kier molecular flexibility index (Phi) is 20.6. The van der Waals surface area contributed by atoms with Crippen LogP contribution in [0.15, 0.2) is 127 Å². The zero-order valence-electron chi connectivity index (χ0n) is 37.0. The smallest absolute Gasteiger partial charge is 0.744 e. The zero-order chi connectivity index (χ0) is 47.2. The number of rotatable bonds is 13. The number of nitrogens with zero attached hydrogens (tertiary/aromatic N) is 2. The van der Waals surface area contributed by atoms with Crippen molar-refractivity contribution in [1.82, 2.24) is 0 Å². The third-order valence-corrected chi connectivity index (χ3v) is 12.9. The number of ether oxygens (including phenoxy) is 2. The second kappa shape index (κ2) is 23.6. The van der Waals surface area contributed by atoms with Crippen molar-refractivity contribution in [2.45, 2.75) is 9.79 Å². The topological polar surface area (TPSA) is 342 Å². The fraction of sp³-hybridized carbons (Fsp3) is 0.0500. The van der Waals surface area contributed by atoms with Crippen LogP contribution in [0.5, 0.6) is 11.5 Å². The number of hydrogen-bond donors (Lipinski definition) is 3. The van der Waals surface area contributed by atoms with E-state index >= 15 is 0 Å². The largest absolute Gasteiger partial charge is 1.00 e. The van der Waals surface area contributed by atoms with E-state index in [0.29, 0.717) is 29.0 Å². The van der Waals surface area contributed by atoms with E-state index in [1.165, 1.54) is 56.7 Å². The minimum atomic E-state index is -5.69. The van der Waals surface area contributed by atoms with Crippen LogP contribution in [0.1, 0.15) is 31.8 Å². The van der Waals surface area contributed by atoms with Crippen molar-refractivity contribution in [2.75, 3.05) is 30.4 Å². The molecule has 0 amide bonds. The van der Waals surface area contributed by atoms with Gasteiger partial charge in [0.1, 0.15) is 63.4 Å². The standard InChI is InChI=1S/C40H31N5O16S4.4Na/c1-60-31-16-21(8-12-29(31)42-44-37-34(64(54,55)56)18-23-14-26(10-11-28(23)39(37)46)41-25-6-4-3-5-7-25)22-9-13-30(32(17-22)61-2)43-45-38-35(65(57,58)59)19-24-15-27(62(48,49)50)20-33(63(51,52)53)36(24)40(38)47;;;;/h3-20,41-43H,1-2H3,(H,48,49,50)(H,51,52,53)(H,54,55,56)(H,57,58,59);;;;/q;4*+1/p-4. The Hall–Kier alpha value is -3.10. The summed E-state index contributed by atoms with van der Waals surface area (Å²) in [4.78, 5) is 22.1. The molecule has 0 aliphatic heterocycles. The molecule has 0 unspecified atom stereocenters. The van der Waals surface area contributed by atoms with E-state index < -0.39 is 94.2 Å². The van der Waals surface area contributed by atoms with Gasteiger partial charge in [-0.05, 0) is 101 Å². The van der Waals surface area contributed by atoms with Gasteiger partial charge in [-0.3, -0.25) is 20.4 Å².